The zero-order chi connectivity index (χ0) is 18.5. The number of aromatic nitrogens is 2. The Labute approximate surface area is 153 Å². The number of benzene rings is 2. The minimum absolute atomic E-state index is 0.0400. The summed E-state index contributed by atoms with van der Waals surface area (Å²) in [6, 6.07) is 15.1. The molecule has 1 amide bonds. The molecule has 0 fully saturated rings. The zero-order valence-electron chi connectivity index (χ0n) is 13.4. The van der Waals surface area contributed by atoms with Crippen molar-refractivity contribution < 1.29 is 9.72 Å². The van der Waals surface area contributed by atoms with Gasteiger partial charge in [0.15, 0.2) is 0 Å². The summed E-state index contributed by atoms with van der Waals surface area (Å²) in [6.45, 7) is 0.139. The zero-order valence-corrected chi connectivity index (χ0v) is 14.2. The van der Waals surface area contributed by atoms with E-state index >= 15 is 0 Å². The molecule has 8 heteroatoms. The molecule has 3 rings (SSSR count). The van der Waals surface area contributed by atoms with E-state index in [1.807, 2.05) is 30.3 Å². The fraction of sp³-hybridized carbons (Fsp3) is 0.0556. The van der Waals surface area contributed by atoms with Crippen LogP contribution in [-0.2, 0) is 6.54 Å². The number of carbonyl (C=O) groups excluding carboxylic acids is 1. The Morgan fingerprint density at radius 2 is 1.88 bits per heavy atom. The van der Waals surface area contributed by atoms with Gasteiger partial charge in [0.1, 0.15) is 6.33 Å². The maximum absolute atomic E-state index is 12.3. The van der Waals surface area contributed by atoms with Crippen molar-refractivity contribution in [3.05, 3.63) is 87.3 Å². The maximum atomic E-state index is 12.3. The van der Waals surface area contributed by atoms with Crippen molar-refractivity contribution >= 4 is 23.2 Å². The second-order valence-corrected chi connectivity index (χ2v) is 5.77. The lowest BCUT2D eigenvalue weighted by Gasteiger charge is -2.07. The van der Waals surface area contributed by atoms with Crippen LogP contribution in [0.1, 0.15) is 16.1 Å². The lowest BCUT2D eigenvalue weighted by atomic mass is 10.1. The summed E-state index contributed by atoms with van der Waals surface area (Å²) in [7, 11) is 0. The molecule has 0 radical (unpaired) electrons. The largest absolute Gasteiger partial charge is 0.346 e. The molecule has 0 saturated heterocycles. The first-order valence-corrected chi connectivity index (χ1v) is 8.01. The Morgan fingerprint density at radius 3 is 2.62 bits per heavy atom. The van der Waals surface area contributed by atoms with Crippen molar-refractivity contribution in [3.8, 4) is 11.3 Å². The summed E-state index contributed by atoms with van der Waals surface area (Å²) in [5.74, 6) is -0.515. The number of carbonyl (C=O) groups is 1. The highest BCUT2D eigenvalue weighted by Crippen LogP contribution is 2.22. The summed E-state index contributed by atoms with van der Waals surface area (Å²) in [5, 5.41) is 13.7. The molecule has 0 bridgehead atoms. The minimum Gasteiger partial charge on any atom is -0.346 e. The van der Waals surface area contributed by atoms with Gasteiger partial charge in [-0.2, -0.15) is 0 Å². The van der Waals surface area contributed by atoms with Crippen LogP contribution >= 0.6 is 11.6 Å². The highest BCUT2D eigenvalue weighted by atomic mass is 35.5. The van der Waals surface area contributed by atoms with Crippen LogP contribution in [0.4, 0.5) is 5.69 Å². The number of hydrogen-bond donors (Lipinski definition) is 1. The third-order valence-electron chi connectivity index (χ3n) is 3.63. The molecule has 26 heavy (non-hydrogen) atoms. The van der Waals surface area contributed by atoms with E-state index in [0.717, 1.165) is 17.3 Å². The topological polar surface area (TPSA) is 98.0 Å². The van der Waals surface area contributed by atoms with Crippen LogP contribution in [0, 0.1) is 10.1 Å². The van der Waals surface area contributed by atoms with Gasteiger partial charge in [-0.15, -0.1) is 0 Å². The molecule has 1 N–H and O–H groups in total. The molecule has 130 valence electrons. The van der Waals surface area contributed by atoms with Crippen LogP contribution < -0.4 is 5.32 Å². The molecule has 1 aromatic heterocycles. The summed E-state index contributed by atoms with van der Waals surface area (Å²) < 4.78 is 0. The number of nitro benzene ring substituents is 1. The van der Waals surface area contributed by atoms with Gasteiger partial charge in [0.05, 0.1) is 33.4 Å². The van der Waals surface area contributed by atoms with Crippen molar-refractivity contribution in [2.45, 2.75) is 6.54 Å². The molecule has 1 heterocycles. The highest BCUT2D eigenvalue weighted by molar-refractivity contribution is 6.33. The smallest absolute Gasteiger partial charge is 0.270 e. The van der Waals surface area contributed by atoms with Gasteiger partial charge in [0.25, 0.3) is 11.6 Å². The van der Waals surface area contributed by atoms with Crippen LogP contribution in [0.5, 0.6) is 0 Å². The number of nitro groups is 1. The van der Waals surface area contributed by atoms with E-state index in [2.05, 4.69) is 15.3 Å². The van der Waals surface area contributed by atoms with Gasteiger partial charge in [0.2, 0.25) is 0 Å². The lowest BCUT2D eigenvalue weighted by molar-refractivity contribution is -0.384. The van der Waals surface area contributed by atoms with Crippen LogP contribution in [0.25, 0.3) is 11.3 Å². The fourth-order valence-electron chi connectivity index (χ4n) is 2.33. The van der Waals surface area contributed by atoms with Gasteiger partial charge < -0.3 is 5.32 Å². The lowest BCUT2D eigenvalue weighted by Crippen LogP contribution is -2.23. The van der Waals surface area contributed by atoms with Gasteiger partial charge in [-0.3, -0.25) is 14.9 Å². The van der Waals surface area contributed by atoms with Crippen LogP contribution in [-0.4, -0.2) is 20.8 Å². The second-order valence-electron chi connectivity index (χ2n) is 5.36. The number of nitrogens with zero attached hydrogens (tertiary/aromatic N) is 3. The third kappa shape index (κ3) is 4.01. The average Bonchev–Trinajstić information content (AvgIpc) is 2.67. The number of non-ortho nitro benzene ring substituents is 1. The van der Waals surface area contributed by atoms with E-state index in [1.54, 1.807) is 6.07 Å². The Kier molecular flexibility index (Phi) is 5.19. The fourth-order valence-corrected chi connectivity index (χ4v) is 2.53. The van der Waals surface area contributed by atoms with E-state index in [1.165, 1.54) is 18.5 Å². The number of halogens is 1. The quantitative estimate of drug-likeness (QED) is 0.547. The molecule has 0 spiro atoms. The Morgan fingerprint density at radius 1 is 1.12 bits per heavy atom. The molecule has 3 aromatic rings. The second kappa shape index (κ2) is 7.71. The van der Waals surface area contributed by atoms with Crippen LogP contribution in [0.2, 0.25) is 5.02 Å². The molecular formula is C18H13ClN4O3. The maximum Gasteiger partial charge on any atom is 0.270 e. The normalized spacial score (nSPS) is 10.3. The first-order chi connectivity index (χ1) is 12.5. The molecule has 2 aromatic carbocycles. The van der Waals surface area contributed by atoms with Crippen molar-refractivity contribution in [3.63, 3.8) is 0 Å². The summed E-state index contributed by atoms with van der Waals surface area (Å²) in [5.41, 5.74) is 2.11. The van der Waals surface area contributed by atoms with Crippen molar-refractivity contribution in [2.24, 2.45) is 0 Å². The number of rotatable bonds is 5. The number of hydrogen-bond acceptors (Lipinski definition) is 5. The average molecular weight is 369 g/mol. The molecule has 0 saturated carbocycles. The first kappa shape index (κ1) is 17.5. The molecule has 0 unspecified atom stereocenters. The number of nitrogens with one attached hydrogen (secondary N) is 1. The van der Waals surface area contributed by atoms with Crippen molar-refractivity contribution in [1.29, 1.82) is 0 Å². The van der Waals surface area contributed by atoms with E-state index in [4.69, 9.17) is 11.6 Å². The van der Waals surface area contributed by atoms with E-state index in [-0.39, 0.29) is 22.8 Å². The summed E-state index contributed by atoms with van der Waals surface area (Å²) >= 11 is 5.97. The van der Waals surface area contributed by atoms with Gasteiger partial charge in [-0.25, -0.2) is 9.97 Å². The van der Waals surface area contributed by atoms with Crippen LogP contribution in [0.3, 0.4) is 0 Å². The molecule has 0 aliphatic carbocycles. The van der Waals surface area contributed by atoms with Gasteiger partial charge in [0, 0.05) is 17.7 Å². The van der Waals surface area contributed by atoms with E-state index in [9.17, 15) is 14.9 Å². The molecule has 7 nitrogen and oxygen atoms in total. The molecule has 0 atom stereocenters. The van der Waals surface area contributed by atoms with Gasteiger partial charge in [-0.05, 0) is 12.1 Å². The highest BCUT2D eigenvalue weighted by Gasteiger charge is 2.16. The molecule has 0 aliphatic heterocycles. The predicted molar refractivity (Wildman–Crippen MR) is 96.7 cm³/mol. The van der Waals surface area contributed by atoms with E-state index < -0.39 is 10.8 Å². The van der Waals surface area contributed by atoms with Crippen molar-refractivity contribution in [2.75, 3.05) is 0 Å². The first-order valence-electron chi connectivity index (χ1n) is 7.63. The minimum atomic E-state index is -0.580. The SMILES string of the molecule is O=C(NCc1cc(-c2ccccc2)ncn1)c1cc([N+](=O)[O-])ccc1Cl. The van der Waals surface area contributed by atoms with Gasteiger partial charge >= 0.3 is 0 Å². The monoisotopic (exact) mass is 368 g/mol. The molecule has 0 aliphatic rings. The van der Waals surface area contributed by atoms with Crippen molar-refractivity contribution in [1.82, 2.24) is 15.3 Å². The van der Waals surface area contributed by atoms with E-state index in [0.29, 0.717) is 5.69 Å². The number of amides is 1. The third-order valence-corrected chi connectivity index (χ3v) is 3.96. The Hall–Kier alpha value is -3.32. The summed E-state index contributed by atoms with van der Waals surface area (Å²) in [4.78, 5) is 30.9. The standard InChI is InChI=1S/C18H13ClN4O3/c19-16-7-6-14(23(25)26)9-15(16)18(24)20-10-13-8-17(22-11-21-13)12-4-2-1-3-5-12/h1-9,11H,10H2,(H,20,24). The molecular weight excluding hydrogens is 356 g/mol. The predicted octanol–water partition coefficient (Wildman–Crippen LogP) is 3.64. The Balaban J connectivity index is 1.74. The summed E-state index contributed by atoms with van der Waals surface area (Å²) in [6.07, 6.45) is 1.42. The van der Waals surface area contributed by atoms with Gasteiger partial charge in [-0.1, -0.05) is 41.9 Å². The Bertz CT molecular complexity index is 964. The van der Waals surface area contributed by atoms with Crippen LogP contribution in [0.15, 0.2) is 60.9 Å².